The van der Waals surface area contributed by atoms with Crippen molar-refractivity contribution >= 4 is 44.1 Å². The molecule has 142 valence electrons. The first-order chi connectivity index (χ1) is 13.5. The van der Waals surface area contributed by atoms with Crippen molar-refractivity contribution in [2.45, 2.75) is 0 Å². The fourth-order valence-corrected chi connectivity index (χ4v) is 3.76. The number of nitro benzene ring substituents is 1. The molecule has 1 aliphatic heterocycles. The van der Waals surface area contributed by atoms with Gasteiger partial charge >= 0.3 is 0 Å². The summed E-state index contributed by atoms with van der Waals surface area (Å²) in [5.74, 6) is 0.0161. The number of hydrogen-bond acceptors (Lipinski definition) is 5. The zero-order chi connectivity index (χ0) is 19.7. The molecule has 0 unspecified atom stereocenters. The van der Waals surface area contributed by atoms with E-state index in [0.29, 0.717) is 37.3 Å². The number of nitro groups is 1. The summed E-state index contributed by atoms with van der Waals surface area (Å²) >= 11 is 3.38. The number of amides is 1. The molecule has 0 radical (unpaired) electrons. The Kier molecular flexibility index (Phi) is 4.95. The van der Waals surface area contributed by atoms with Crippen molar-refractivity contribution in [1.82, 2.24) is 9.88 Å². The summed E-state index contributed by atoms with van der Waals surface area (Å²) in [6, 6.07) is 14.3. The van der Waals surface area contributed by atoms with Crippen LogP contribution in [0.2, 0.25) is 0 Å². The number of nitrogens with zero attached hydrogens (tertiary/aromatic N) is 4. The Morgan fingerprint density at radius 2 is 1.75 bits per heavy atom. The highest BCUT2D eigenvalue weighted by Crippen LogP contribution is 2.32. The van der Waals surface area contributed by atoms with Crippen molar-refractivity contribution in [2.75, 3.05) is 31.1 Å². The lowest BCUT2D eigenvalue weighted by Crippen LogP contribution is -2.48. The maximum absolute atomic E-state index is 12.7. The quantitative estimate of drug-likeness (QED) is 0.456. The standard InChI is InChI=1S/C20H17BrN4O3/c21-15-5-3-14(4-6-15)20(26)24-12-10-23(11-13-24)17-7-8-18(25(27)28)19-16(17)2-1-9-22-19/h1-9H,10-13H2. The molecule has 0 N–H and O–H groups in total. The van der Waals surface area contributed by atoms with Crippen LogP contribution in [-0.2, 0) is 0 Å². The van der Waals surface area contributed by atoms with Gasteiger partial charge in [0.2, 0.25) is 0 Å². The molecule has 7 nitrogen and oxygen atoms in total. The first kappa shape index (κ1) is 18.4. The Labute approximate surface area is 169 Å². The molecule has 2 aromatic carbocycles. The zero-order valence-corrected chi connectivity index (χ0v) is 16.5. The van der Waals surface area contributed by atoms with E-state index in [9.17, 15) is 14.9 Å². The number of pyridine rings is 1. The number of rotatable bonds is 3. The molecule has 0 saturated carbocycles. The number of benzene rings is 2. The SMILES string of the molecule is O=C(c1ccc(Br)cc1)N1CCN(c2ccc([N+](=O)[O-])c3ncccc23)CC1. The van der Waals surface area contributed by atoms with Gasteiger partial charge in [-0.1, -0.05) is 15.9 Å². The molecule has 8 heteroatoms. The lowest BCUT2D eigenvalue weighted by molar-refractivity contribution is -0.383. The van der Waals surface area contributed by atoms with Crippen molar-refractivity contribution in [2.24, 2.45) is 0 Å². The predicted molar refractivity (Wildman–Crippen MR) is 111 cm³/mol. The number of hydrogen-bond donors (Lipinski definition) is 0. The molecule has 0 bridgehead atoms. The van der Waals surface area contributed by atoms with Crippen LogP contribution in [0.25, 0.3) is 10.9 Å². The highest BCUT2D eigenvalue weighted by atomic mass is 79.9. The van der Waals surface area contributed by atoms with E-state index in [1.165, 1.54) is 6.07 Å². The van der Waals surface area contributed by atoms with E-state index >= 15 is 0 Å². The van der Waals surface area contributed by atoms with E-state index in [0.717, 1.165) is 15.5 Å². The van der Waals surface area contributed by atoms with E-state index in [1.54, 1.807) is 18.3 Å². The van der Waals surface area contributed by atoms with Crippen LogP contribution in [0.3, 0.4) is 0 Å². The van der Waals surface area contributed by atoms with E-state index in [1.807, 2.05) is 35.2 Å². The molecule has 2 heterocycles. The van der Waals surface area contributed by atoms with Gasteiger partial charge < -0.3 is 9.80 Å². The van der Waals surface area contributed by atoms with Crippen molar-refractivity contribution in [1.29, 1.82) is 0 Å². The van der Waals surface area contributed by atoms with Crippen molar-refractivity contribution in [3.05, 3.63) is 74.9 Å². The topological polar surface area (TPSA) is 79.6 Å². The average Bonchev–Trinajstić information content (AvgIpc) is 2.73. The normalized spacial score (nSPS) is 14.3. The molecule has 0 atom stereocenters. The van der Waals surface area contributed by atoms with Gasteiger partial charge in [0.25, 0.3) is 11.6 Å². The maximum Gasteiger partial charge on any atom is 0.295 e. The minimum absolute atomic E-state index is 0.00315. The van der Waals surface area contributed by atoms with Gasteiger partial charge in [-0.25, -0.2) is 4.98 Å². The molecule has 1 saturated heterocycles. The van der Waals surface area contributed by atoms with Gasteiger partial charge in [0.15, 0.2) is 0 Å². The zero-order valence-electron chi connectivity index (χ0n) is 14.9. The molecule has 4 rings (SSSR count). The summed E-state index contributed by atoms with van der Waals surface area (Å²) in [4.78, 5) is 31.8. The van der Waals surface area contributed by atoms with Crippen molar-refractivity contribution in [3.8, 4) is 0 Å². The van der Waals surface area contributed by atoms with Crippen LogP contribution in [0.1, 0.15) is 10.4 Å². The third-order valence-corrected chi connectivity index (χ3v) is 5.45. The van der Waals surface area contributed by atoms with Gasteiger partial charge in [-0.15, -0.1) is 0 Å². The van der Waals surface area contributed by atoms with E-state index in [4.69, 9.17) is 0 Å². The monoisotopic (exact) mass is 440 g/mol. The number of carbonyl (C=O) groups is 1. The second kappa shape index (κ2) is 7.55. The fourth-order valence-electron chi connectivity index (χ4n) is 3.49. The molecule has 1 aromatic heterocycles. The predicted octanol–water partition coefficient (Wildman–Crippen LogP) is 3.87. The van der Waals surface area contributed by atoms with Crippen LogP contribution < -0.4 is 4.90 Å². The number of halogens is 1. The maximum atomic E-state index is 12.7. The van der Waals surface area contributed by atoms with E-state index in [2.05, 4.69) is 25.8 Å². The Hall–Kier alpha value is -3.00. The molecule has 0 spiro atoms. The summed E-state index contributed by atoms with van der Waals surface area (Å²) in [5, 5.41) is 12.0. The Balaban J connectivity index is 1.54. The minimum Gasteiger partial charge on any atom is -0.367 e. The third-order valence-electron chi connectivity index (χ3n) is 4.92. The van der Waals surface area contributed by atoms with Crippen LogP contribution in [0.4, 0.5) is 11.4 Å². The van der Waals surface area contributed by atoms with Crippen LogP contribution in [0, 0.1) is 10.1 Å². The first-order valence-electron chi connectivity index (χ1n) is 8.86. The Morgan fingerprint density at radius 1 is 1.04 bits per heavy atom. The van der Waals surface area contributed by atoms with Gasteiger partial charge in [-0.2, -0.15) is 0 Å². The summed E-state index contributed by atoms with van der Waals surface area (Å²) in [6.45, 7) is 2.50. The van der Waals surface area contributed by atoms with E-state index < -0.39 is 4.92 Å². The van der Waals surface area contributed by atoms with Crippen LogP contribution >= 0.6 is 15.9 Å². The lowest BCUT2D eigenvalue weighted by atomic mass is 10.1. The number of non-ortho nitro benzene ring substituents is 1. The van der Waals surface area contributed by atoms with Gasteiger partial charge in [0.05, 0.1) is 4.92 Å². The molecular weight excluding hydrogens is 424 g/mol. The van der Waals surface area contributed by atoms with Gasteiger partial charge in [0.1, 0.15) is 5.52 Å². The number of anilines is 1. The van der Waals surface area contributed by atoms with Gasteiger partial charge in [0, 0.05) is 59.6 Å². The van der Waals surface area contributed by atoms with Gasteiger partial charge in [-0.05, 0) is 42.5 Å². The summed E-state index contributed by atoms with van der Waals surface area (Å²) in [5.41, 5.74) is 1.97. The summed E-state index contributed by atoms with van der Waals surface area (Å²) in [7, 11) is 0. The minimum atomic E-state index is -0.409. The molecule has 1 amide bonds. The highest BCUT2D eigenvalue weighted by Gasteiger charge is 2.25. The summed E-state index contributed by atoms with van der Waals surface area (Å²) in [6.07, 6.45) is 1.56. The molecule has 0 aliphatic carbocycles. The number of fused-ring (bicyclic) bond motifs is 1. The summed E-state index contributed by atoms with van der Waals surface area (Å²) < 4.78 is 0.938. The molecule has 1 fully saturated rings. The smallest absolute Gasteiger partial charge is 0.295 e. The Bertz CT molecular complexity index is 1050. The second-order valence-corrected chi connectivity index (χ2v) is 7.46. The highest BCUT2D eigenvalue weighted by molar-refractivity contribution is 9.10. The van der Waals surface area contributed by atoms with Crippen molar-refractivity contribution in [3.63, 3.8) is 0 Å². The van der Waals surface area contributed by atoms with Gasteiger partial charge in [-0.3, -0.25) is 14.9 Å². The largest absolute Gasteiger partial charge is 0.367 e. The number of carbonyl (C=O) groups excluding carboxylic acids is 1. The lowest BCUT2D eigenvalue weighted by Gasteiger charge is -2.36. The molecule has 1 aliphatic rings. The third kappa shape index (κ3) is 3.43. The molecule has 28 heavy (non-hydrogen) atoms. The van der Waals surface area contributed by atoms with Crippen LogP contribution in [0.15, 0.2) is 59.2 Å². The fraction of sp³-hybridized carbons (Fsp3) is 0.200. The van der Waals surface area contributed by atoms with E-state index in [-0.39, 0.29) is 11.6 Å². The second-order valence-electron chi connectivity index (χ2n) is 6.55. The number of piperazine rings is 1. The number of aromatic nitrogens is 1. The van der Waals surface area contributed by atoms with Crippen molar-refractivity contribution < 1.29 is 9.72 Å². The van der Waals surface area contributed by atoms with Crippen LogP contribution in [0.5, 0.6) is 0 Å². The molecular formula is C20H17BrN4O3. The molecule has 3 aromatic rings. The average molecular weight is 441 g/mol. The Morgan fingerprint density at radius 3 is 2.43 bits per heavy atom. The first-order valence-corrected chi connectivity index (χ1v) is 9.66. The van der Waals surface area contributed by atoms with Crippen LogP contribution in [-0.4, -0.2) is 46.9 Å².